The van der Waals surface area contributed by atoms with Crippen LogP contribution < -0.4 is 11.1 Å². The smallest absolute Gasteiger partial charge is 0.0321 e. The summed E-state index contributed by atoms with van der Waals surface area (Å²) in [6.07, 6.45) is 2.29. The molecule has 2 rings (SSSR count). The van der Waals surface area contributed by atoms with Crippen molar-refractivity contribution in [3.63, 3.8) is 0 Å². The summed E-state index contributed by atoms with van der Waals surface area (Å²) in [7, 11) is 0. The Labute approximate surface area is 79.1 Å². The highest BCUT2D eigenvalue weighted by Gasteiger charge is 2.18. The maximum absolute atomic E-state index is 5.81. The highest BCUT2D eigenvalue weighted by Crippen LogP contribution is 2.21. The zero-order valence-electron chi connectivity index (χ0n) is 7.74. The fourth-order valence-electron chi connectivity index (χ4n) is 1.85. The summed E-state index contributed by atoms with van der Waals surface area (Å²) in [5.41, 5.74) is 7.20. The van der Waals surface area contributed by atoms with Gasteiger partial charge in [0.05, 0.1) is 0 Å². The number of nitrogens with one attached hydrogen (secondary N) is 1. The van der Waals surface area contributed by atoms with Crippen LogP contribution in [0.2, 0.25) is 0 Å². The predicted octanol–water partition coefficient (Wildman–Crippen LogP) is 1.44. The molecule has 3 N–H and O–H groups in total. The number of rotatable bonds is 1. The number of nitrogens with two attached hydrogens (primary N) is 1. The fourth-order valence-corrected chi connectivity index (χ4v) is 1.85. The minimum absolute atomic E-state index is 0.347. The number of piperidine rings is 1. The van der Waals surface area contributed by atoms with Gasteiger partial charge in [-0.25, -0.2) is 0 Å². The average Bonchev–Trinajstić information content (AvgIpc) is 2.20. The second-order valence-electron chi connectivity index (χ2n) is 3.71. The number of hydrogen-bond acceptors (Lipinski definition) is 2. The molecular weight excluding hydrogens is 160 g/mol. The number of benzene rings is 1. The quantitative estimate of drug-likeness (QED) is 0.679. The fraction of sp³-hybridized carbons (Fsp3) is 0.455. The largest absolute Gasteiger partial charge is 0.327 e. The highest BCUT2D eigenvalue weighted by molar-refractivity contribution is 5.19. The second-order valence-corrected chi connectivity index (χ2v) is 3.71. The van der Waals surface area contributed by atoms with Crippen LogP contribution in [0.3, 0.4) is 0 Å². The van der Waals surface area contributed by atoms with Gasteiger partial charge >= 0.3 is 0 Å². The van der Waals surface area contributed by atoms with Crippen LogP contribution in [0.25, 0.3) is 0 Å². The summed E-state index contributed by atoms with van der Waals surface area (Å²) in [4.78, 5) is 0. The molecule has 0 aliphatic carbocycles. The third kappa shape index (κ3) is 2.08. The van der Waals surface area contributed by atoms with Crippen molar-refractivity contribution >= 4 is 0 Å². The van der Waals surface area contributed by atoms with E-state index in [1.807, 2.05) is 0 Å². The van der Waals surface area contributed by atoms with Gasteiger partial charge in [0.2, 0.25) is 0 Å². The van der Waals surface area contributed by atoms with Crippen LogP contribution in [0.4, 0.5) is 0 Å². The Morgan fingerprint density at radius 1 is 1.15 bits per heavy atom. The van der Waals surface area contributed by atoms with Crippen molar-refractivity contribution in [2.75, 3.05) is 6.54 Å². The SMILES string of the molecule is N[C@H]1CC[C@H](c2ccccc2)NC1. The van der Waals surface area contributed by atoms with E-state index in [-0.39, 0.29) is 0 Å². The van der Waals surface area contributed by atoms with Gasteiger partial charge in [-0.05, 0) is 18.4 Å². The summed E-state index contributed by atoms with van der Waals surface area (Å²) in [5, 5.41) is 3.46. The molecule has 2 atom stereocenters. The van der Waals surface area contributed by atoms with Gasteiger partial charge in [0.1, 0.15) is 0 Å². The molecule has 1 aliphatic heterocycles. The molecule has 0 amide bonds. The molecular formula is C11H16N2. The molecule has 0 radical (unpaired) electrons. The van der Waals surface area contributed by atoms with E-state index in [1.165, 1.54) is 5.56 Å². The molecule has 1 saturated heterocycles. The Bertz CT molecular complexity index is 250. The van der Waals surface area contributed by atoms with Gasteiger partial charge in [-0.3, -0.25) is 0 Å². The molecule has 1 fully saturated rings. The van der Waals surface area contributed by atoms with E-state index in [9.17, 15) is 0 Å². The molecule has 0 saturated carbocycles. The molecule has 1 aromatic carbocycles. The molecule has 70 valence electrons. The zero-order chi connectivity index (χ0) is 9.10. The molecule has 0 aromatic heterocycles. The van der Waals surface area contributed by atoms with E-state index in [4.69, 9.17) is 5.73 Å². The Morgan fingerprint density at radius 3 is 2.54 bits per heavy atom. The third-order valence-electron chi connectivity index (χ3n) is 2.65. The van der Waals surface area contributed by atoms with Crippen molar-refractivity contribution in [2.45, 2.75) is 24.9 Å². The van der Waals surface area contributed by atoms with Gasteiger partial charge in [0, 0.05) is 18.6 Å². The van der Waals surface area contributed by atoms with Gasteiger partial charge in [0.15, 0.2) is 0 Å². The van der Waals surface area contributed by atoms with Crippen molar-refractivity contribution in [3.05, 3.63) is 35.9 Å². The minimum Gasteiger partial charge on any atom is -0.327 e. The van der Waals surface area contributed by atoms with Crippen molar-refractivity contribution in [1.82, 2.24) is 5.32 Å². The summed E-state index contributed by atoms with van der Waals surface area (Å²) in [5.74, 6) is 0. The van der Waals surface area contributed by atoms with Crippen LogP contribution >= 0.6 is 0 Å². The molecule has 0 bridgehead atoms. The van der Waals surface area contributed by atoms with Gasteiger partial charge in [-0.2, -0.15) is 0 Å². The highest BCUT2D eigenvalue weighted by atomic mass is 15.0. The summed E-state index contributed by atoms with van der Waals surface area (Å²) < 4.78 is 0. The van der Waals surface area contributed by atoms with E-state index in [2.05, 4.69) is 35.6 Å². The standard InChI is InChI=1S/C11H16N2/c12-10-6-7-11(13-8-10)9-4-2-1-3-5-9/h1-5,10-11,13H,6-8,12H2/t10-,11+/m0/s1. The van der Waals surface area contributed by atoms with E-state index in [0.717, 1.165) is 19.4 Å². The van der Waals surface area contributed by atoms with Crippen LogP contribution in [0.1, 0.15) is 24.4 Å². The molecule has 0 spiro atoms. The lowest BCUT2D eigenvalue weighted by molar-refractivity contribution is 0.373. The first-order chi connectivity index (χ1) is 6.36. The topological polar surface area (TPSA) is 38.0 Å². The Balaban J connectivity index is 2.03. The van der Waals surface area contributed by atoms with Crippen LogP contribution in [0, 0.1) is 0 Å². The maximum Gasteiger partial charge on any atom is 0.0321 e. The summed E-state index contributed by atoms with van der Waals surface area (Å²) in [6.45, 7) is 0.944. The summed E-state index contributed by atoms with van der Waals surface area (Å²) in [6, 6.07) is 11.4. The zero-order valence-corrected chi connectivity index (χ0v) is 7.74. The molecule has 0 unspecified atom stereocenters. The molecule has 2 heteroatoms. The predicted molar refractivity (Wildman–Crippen MR) is 54.4 cm³/mol. The van der Waals surface area contributed by atoms with Crippen LogP contribution in [0.15, 0.2) is 30.3 Å². The first kappa shape index (κ1) is 8.73. The molecule has 13 heavy (non-hydrogen) atoms. The van der Waals surface area contributed by atoms with E-state index >= 15 is 0 Å². The van der Waals surface area contributed by atoms with Gasteiger partial charge in [-0.1, -0.05) is 30.3 Å². The minimum atomic E-state index is 0.347. The first-order valence-corrected chi connectivity index (χ1v) is 4.90. The van der Waals surface area contributed by atoms with E-state index < -0.39 is 0 Å². The molecule has 1 aromatic rings. The van der Waals surface area contributed by atoms with Crippen LogP contribution in [-0.4, -0.2) is 12.6 Å². The van der Waals surface area contributed by atoms with E-state index in [0.29, 0.717) is 12.1 Å². The Hall–Kier alpha value is -0.860. The van der Waals surface area contributed by atoms with E-state index in [1.54, 1.807) is 0 Å². The van der Waals surface area contributed by atoms with Crippen molar-refractivity contribution in [3.8, 4) is 0 Å². The monoisotopic (exact) mass is 176 g/mol. The van der Waals surface area contributed by atoms with Crippen molar-refractivity contribution in [2.24, 2.45) is 5.73 Å². The molecule has 1 aliphatic rings. The van der Waals surface area contributed by atoms with Crippen molar-refractivity contribution in [1.29, 1.82) is 0 Å². The van der Waals surface area contributed by atoms with Gasteiger partial charge < -0.3 is 11.1 Å². The third-order valence-corrected chi connectivity index (χ3v) is 2.65. The number of hydrogen-bond donors (Lipinski definition) is 2. The summed E-state index contributed by atoms with van der Waals surface area (Å²) >= 11 is 0. The van der Waals surface area contributed by atoms with Crippen LogP contribution in [-0.2, 0) is 0 Å². The molecule has 1 heterocycles. The van der Waals surface area contributed by atoms with Crippen molar-refractivity contribution < 1.29 is 0 Å². The second kappa shape index (κ2) is 3.90. The average molecular weight is 176 g/mol. The lowest BCUT2D eigenvalue weighted by Crippen LogP contribution is -2.41. The first-order valence-electron chi connectivity index (χ1n) is 4.90. The normalized spacial score (nSPS) is 28.7. The van der Waals surface area contributed by atoms with Gasteiger partial charge in [-0.15, -0.1) is 0 Å². The maximum atomic E-state index is 5.81. The Morgan fingerprint density at radius 2 is 1.92 bits per heavy atom. The molecule has 2 nitrogen and oxygen atoms in total. The van der Waals surface area contributed by atoms with Gasteiger partial charge in [0.25, 0.3) is 0 Å². The lowest BCUT2D eigenvalue weighted by Gasteiger charge is -2.27. The lowest BCUT2D eigenvalue weighted by atomic mass is 9.95. The van der Waals surface area contributed by atoms with Crippen LogP contribution in [0.5, 0.6) is 0 Å². The Kier molecular flexibility index (Phi) is 2.62.